The van der Waals surface area contributed by atoms with Gasteiger partial charge < -0.3 is 24.6 Å². The van der Waals surface area contributed by atoms with Crippen LogP contribution in [0.5, 0.6) is 11.5 Å². The molecule has 1 N–H and O–H groups in total. The average molecular weight is 319 g/mol. The minimum Gasteiger partial charge on any atom is -0.493 e. The summed E-state index contributed by atoms with van der Waals surface area (Å²) in [7, 11) is 5.34. The molecule has 2 fully saturated rings. The Morgan fingerprint density at radius 1 is 1.13 bits per heavy atom. The van der Waals surface area contributed by atoms with Crippen molar-refractivity contribution in [3.63, 3.8) is 0 Å². The summed E-state index contributed by atoms with van der Waals surface area (Å²) in [5.41, 5.74) is 1.01. The van der Waals surface area contributed by atoms with E-state index in [1.54, 1.807) is 26.4 Å². The molecule has 2 heterocycles. The standard InChI is InChI=1S/C17H25N3O3/c1-19-8-6-17(11-19)7-9-20(12-17)16(21)18-13-4-5-14(22-2)15(10-13)23-3/h4-5,10H,6-9,11-12H2,1-3H3,(H,18,21)/t17-/m0/s1. The van der Waals surface area contributed by atoms with Crippen LogP contribution in [0, 0.1) is 5.41 Å². The van der Waals surface area contributed by atoms with E-state index in [1.165, 1.54) is 6.42 Å². The fourth-order valence-corrected chi connectivity index (χ4v) is 3.72. The lowest BCUT2D eigenvalue weighted by molar-refractivity contribution is 0.212. The molecule has 23 heavy (non-hydrogen) atoms. The molecule has 3 rings (SSSR count). The minimum absolute atomic E-state index is 0.0383. The van der Waals surface area contributed by atoms with Crippen LogP contribution >= 0.6 is 0 Å². The third-order valence-corrected chi connectivity index (χ3v) is 4.99. The number of hydrogen-bond donors (Lipinski definition) is 1. The number of carbonyl (C=O) groups is 1. The summed E-state index contributed by atoms with van der Waals surface area (Å²) in [5.74, 6) is 1.26. The zero-order chi connectivity index (χ0) is 16.4. The Labute approximate surface area is 137 Å². The van der Waals surface area contributed by atoms with Gasteiger partial charge in [-0.1, -0.05) is 0 Å². The highest BCUT2D eigenvalue weighted by atomic mass is 16.5. The van der Waals surface area contributed by atoms with Crippen LogP contribution in [0.1, 0.15) is 12.8 Å². The fraction of sp³-hybridized carbons (Fsp3) is 0.588. The largest absolute Gasteiger partial charge is 0.493 e. The molecule has 1 aromatic carbocycles. The number of ether oxygens (including phenoxy) is 2. The first kappa shape index (κ1) is 15.9. The lowest BCUT2D eigenvalue weighted by Gasteiger charge is -2.24. The highest BCUT2D eigenvalue weighted by molar-refractivity contribution is 5.90. The molecule has 126 valence electrons. The summed E-state index contributed by atoms with van der Waals surface area (Å²) in [6.45, 7) is 3.89. The van der Waals surface area contributed by atoms with Gasteiger partial charge in [0.05, 0.1) is 14.2 Å². The normalized spacial score (nSPS) is 24.2. The van der Waals surface area contributed by atoms with E-state index >= 15 is 0 Å². The van der Waals surface area contributed by atoms with Crippen LogP contribution in [-0.2, 0) is 0 Å². The van der Waals surface area contributed by atoms with E-state index in [9.17, 15) is 4.79 Å². The molecule has 0 saturated carbocycles. The van der Waals surface area contributed by atoms with Crippen molar-refractivity contribution < 1.29 is 14.3 Å². The number of rotatable bonds is 3. The van der Waals surface area contributed by atoms with Gasteiger partial charge in [-0.3, -0.25) is 0 Å². The highest BCUT2D eigenvalue weighted by Crippen LogP contribution is 2.39. The summed E-state index contributed by atoms with van der Waals surface area (Å²) < 4.78 is 10.5. The van der Waals surface area contributed by atoms with Gasteiger partial charge in [0.1, 0.15) is 0 Å². The number of nitrogens with zero attached hydrogens (tertiary/aromatic N) is 2. The molecule has 0 unspecified atom stereocenters. The lowest BCUT2D eigenvalue weighted by atomic mass is 9.86. The first-order valence-corrected chi connectivity index (χ1v) is 8.02. The summed E-state index contributed by atoms with van der Waals surface area (Å²) in [5, 5.41) is 2.97. The van der Waals surface area contributed by atoms with Gasteiger partial charge in [0, 0.05) is 36.8 Å². The fourth-order valence-electron chi connectivity index (χ4n) is 3.72. The van der Waals surface area contributed by atoms with Crippen molar-refractivity contribution in [2.45, 2.75) is 12.8 Å². The molecular formula is C17H25N3O3. The molecule has 2 saturated heterocycles. The van der Waals surface area contributed by atoms with E-state index in [-0.39, 0.29) is 6.03 Å². The molecular weight excluding hydrogens is 294 g/mol. The van der Waals surface area contributed by atoms with Crippen LogP contribution in [0.4, 0.5) is 10.5 Å². The van der Waals surface area contributed by atoms with E-state index in [4.69, 9.17) is 9.47 Å². The van der Waals surface area contributed by atoms with Crippen molar-refractivity contribution >= 4 is 11.7 Å². The Bertz CT molecular complexity index is 592. The highest BCUT2D eigenvalue weighted by Gasteiger charge is 2.43. The van der Waals surface area contributed by atoms with E-state index in [2.05, 4.69) is 17.3 Å². The van der Waals surface area contributed by atoms with Gasteiger partial charge in [0.2, 0.25) is 0 Å². The number of carbonyl (C=O) groups excluding carboxylic acids is 1. The number of methoxy groups -OCH3 is 2. The molecule has 1 aromatic rings. The molecule has 6 heteroatoms. The van der Waals surface area contributed by atoms with E-state index in [0.29, 0.717) is 16.9 Å². The second kappa shape index (κ2) is 6.28. The Balaban J connectivity index is 1.64. The Morgan fingerprint density at radius 3 is 2.52 bits per heavy atom. The molecule has 6 nitrogen and oxygen atoms in total. The molecule has 0 aromatic heterocycles. The monoisotopic (exact) mass is 319 g/mol. The molecule has 2 aliphatic rings. The second-order valence-electron chi connectivity index (χ2n) is 6.66. The SMILES string of the molecule is COc1ccc(NC(=O)N2CC[C@]3(CCN(C)C3)C2)cc1OC. The second-order valence-corrected chi connectivity index (χ2v) is 6.66. The molecule has 2 aliphatic heterocycles. The Morgan fingerprint density at radius 2 is 1.87 bits per heavy atom. The maximum Gasteiger partial charge on any atom is 0.321 e. The zero-order valence-electron chi connectivity index (χ0n) is 14.1. The zero-order valence-corrected chi connectivity index (χ0v) is 14.1. The summed E-state index contributed by atoms with van der Waals surface area (Å²) in [6.07, 6.45) is 2.28. The minimum atomic E-state index is -0.0383. The maximum absolute atomic E-state index is 12.5. The van der Waals surface area contributed by atoms with Crippen molar-refractivity contribution in [2.75, 3.05) is 52.8 Å². The van der Waals surface area contributed by atoms with E-state index in [0.717, 1.165) is 38.3 Å². The molecule has 1 spiro atoms. The van der Waals surface area contributed by atoms with Gasteiger partial charge in [-0.25, -0.2) is 4.79 Å². The number of nitrogens with one attached hydrogen (secondary N) is 1. The molecule has 0 bridgehead atoms. The van der Waals surface area contributed by atoms with Crippen molar-refractivity contribution in [1.29, 1.82) is 0 Å². The molecule has 0 aliphatic carbocycles. The van der Waals surface area contributed by atoms with Gasteiger partial charge >= 0.3 is 6.03 Å². The summed E-state index contributed by atoms with van der Waals surface area (Å²) in [4.78, 5) is 16.8. The van der Waals surface area contributed by atoms with E-state index in [1.807, 2.05) is 11.0 Å². The summed E-state index contributed by atoms with van der Waals surface area (Å²) >= 11 is 0. The smallest absolute Gasteiger partial charge is 0.321 e. The van der Waals surface area contributed by atoms with E-state index < -0.39 is 0 Å². The predicted molar refractivity (Wildman–Crippen MR) is 89.3 cm³/mol. The van der Waals surface area contributed by atoms with Gasteiger partial charge in [-0.2, -0.15) is 0 Å². The number of anilines is 1. The number of likely N-dealkylation sites (tertiary alicyclic amines) is 2. The maximum atomic E-state index is 12.5. The quantitative estimate of drug-likeness (QED) is 0.928. The van der Waals surface area contributed by atoms with Crippen LogP contribution in [-0.4, -0.2) is 63.3 Å². The first-order chi connectivity index (χ1) is 11.0. The van der Waals surface area contributed by atoms with Crippen LogP contribution in [0.2, 0.25) is 0 Å². The number of benzene rings is 1. The number of amides is 2. The number of urea groups is 1. The van der Waals surface area contributed by atoms with Crippen LogP contribution in [0.3, 0.4) is 0 Å². The van der Waals surface area contributed by atoms with Gasteiger partial charge in [0.15, 0.2) is 11.5 Å². The third-order valence-electron chi connectivity index (χ3n) is 4.99. The van der Waals surface area contributed by atoms with Crippen molar-refractivity contribution in [1.82, 2.24) is 9.80 Å². The first-order valence-electron chi connectivity index (χ1n) is 8.02. The van der Waals surface area contributed by atoms with Crippen LogP contribution in [0.15, 0.2) is 18.2 Å². The topological polar surface area (TPSA) is 54.0 Å². The van der Waals surface area contributed by atoms with Gasteiger partial charge in [0.25, 0.3) is 0 Å². The lowest BCUT2D eigenvalue weighted by Crippen LogP contribution is -2.36. The molecule has 1 atom stereocenters. The van der Waals surface area contributed by atoms with Crippen LogP contribution in [0.25, 0.3) is 0 Å². The number of hydrogen-bond acceptors (Lipinski definition) is 4. The van der Waals surface area contributed by atoms with Crippen molar-refractivity contribution in [3.8, 4) is 11.5 Å². The van der Waals surface area contributed by atoms with Gasteiger partial charge in [-0.15, -0.1) is 0 Å². The average Bonchev–Trinajstić information content (AvgIpc) is 3.13. The van der Waals surface area contributed by atoms with Gasteiger partial charge in [-0.05, 0) is 38.6 Å². The molecule has 0 radical (unpaired) electrons. The van der Waals surface area contributed by atoms with Crippen LogP contribution < -0.4 is 14.8 Å². The summed E-state index contributed by atoms with van der Waals surface area (Å²) in [6, 6.07) is 5.37. The van der Waals surface area contributed by atoms with Crippen molar-refractivity contribution in [3.05, 3.63) is 18.2 Å². The Kier molecular flexibility index (Phi) is 4.35. The Hall–Kier alpha value is -1.95. The third kappa shape index (κ3) is 3.22. The predicted octanol–water partition coefficient (Wildman–Crippen LogP) is 2.26. The molecule has 2 amide bonds. The van der Waals surface area contributed by atoms with Crippen molar-refractivity contribution in [2.24, 2.45) is 5.41 Å².